The molecule has 3 nitrogen and oxygen atoms in total. The van der Waals surface area contributed by atoms with Crippen LogP contribution in [-0.2, 0) is 14.3 Å². The van der Waals surface area contributed by atoms with Gasteiger partial charge < -0.3 is 4.74 Å². The summed E-state index contributed by atoms with van der Waals surface area (Å²) in [6.07, 6.45) is 5.07. The van der Waals surface area contributed by atoms with Crippen LogP contribution in [0.3, 0.4) is 0 Å². The Bertz CT molecular complexity index is 294. The lowest BCUT2D eigenvalue weighted by atomic mass is 9.44. The first-order chi connectivity index (χ1) is 7.05. The molecule has 0 saturated heterocycles. The molecular weight excluding hydrogens is 192 g/mol. The smallest absolute Gasteiger partial charge is 0.319 e. The Morgan fingerprint density at radius 2 is 1.87 bits per heavy atom. The van der Waals surface area contributed by atoms with Gasteiger partial charge in [0.2, 0.25) is 0 Å². The second-order valence-corrected chi connectivity index (χ2v) is 5.07. The van der Waals surface area contributed by atoms with E-state index in [1.807, 2.05) is 0 Å². The maximum Gasteiger partial charge on any atom is 0.319 e. The number of carbonyl (C=O) groups is 2. The van der Waals surface area contributed by atoms with Gasteiger partial charge in [-0.05, 0) is 44.9 Å². The van der Waals surface area contributed by atoms with Crippen LogP contribution in [0.2, 0.25) is 0 Å². The molecule has 0 aliphatic heterocycles. The molecular formula is C12H18O3. The van der Waals surface area contributed by atoms with E-state index in [0.717, 1.165) is 12.8 Å². The van der Waals surface area contributed by atoms with E-state index in [2.05, 4.69) is 0 Å². The lowest BCUT2D eigenvalue weighted by Gasteiger charge is -2.58. The molecule has 2 rings (SSSR count). The van der Waals surface area contributed by atoms with Crippen LogP contribution in [0.4, 0.5) is 0 Å². The quantitative estimate of drug-likeness (QED) is 0.529. The van der Waals surface area contributed by atoms with Gasteiger partial charge in [-0.3, -0.25) is 9.59 Å². The molecule has 0 bridgehead atoms. The van der Waals surface area contributed by atoms with Crippen molar-refractivity contribution in [2.24, 2.45) is 10.8 Å². The second-order valence-electron chi connectivity index (χ2n) is 5.07. The Morgan fingerprint density at radius 1 is 1.27 bits per heavy atom. The van der Waals surface area contributed by atoms with Crippen LogP contribution in [0, 0.1) is 10.8 Å². The summed E-state index contributed by atoms with van der Waals surface area (Å²) in [5, 5.41) is 0. The highest BCUT2D eigenvalue weighted by molar-refractivity contribution is 6.04. The summed E-state index contributed by atoms with van der Waals surface area (Å²) in [5.74, 6) is -0.312. The molecule has 0 aromatic rings. The molecule has 2 aliphatic carbocycles. The lowest BCUT2D eigenvalue weighted by molar-refractivity contribution is -0.183. The third kappa shape index (κ3) is 1.40. The molecule has 84 valence electrons. The largest absolute Gasteiger partial charge is 0.465 e. The first-order valence-corrected chi connectivity index (χ1v) is 5.73. The van der Waals surface area contributed by atoms with E-state index in [1.165, 1.54) is 26.2 Å². The maximum atomic E-state index is 11.8. The predicted octanol–water partition coefficient (Wildman–Crippen LogP) is 2.09. The fourth-order valence-corrected chi connectivity index (χ4v) is 3.07. The SMILES string of the molecule is CCOC(=O)C1(C(C)=O)CC2(CCC2)C1. The van der Waals surface area contributed by atoms with Crippen LogP contribution in [-0.4, -0.2) is 18.4 Å². The van der Waals surface area contributed by atoms with Crippen molar-refractivity contribution in [2.45, 2.75) is 46.0 Å². The third-order valence-electron chi connectivity index (χ3n) is 4.11. The van der Waals surface area contributed by atoms with Gasteiger partial charge in [0.25, 0.3) is 0 Å². The second kappa shape index (κ2) is 3.32. The summed E-state index contributed by atoms with van der Waals surface area (Å²) in [7, 11) is 0. The zero-order valence-electron chi connectivity index (χ0n) is 9.47. The van der Waals surface area contributed by atoms with Crippen LogP contribution in [0.25, 0.3) is 0 Å². The summed E-state index contributed by atoms with van der Waals surface area (Å²) >= 11 is 0. The van der Waals surface area contributed by atoms with E-state index in [9.17, 15) is 9.59 Å². The highest BCUT2D eigenvalue weighted by Crippen LogP contribution is 2.65. The monoisotopic (exact) mass is 210 g/mol. The van der Waals surface area contributed by atoms with E-state index in [0.29, 0.717) is 12.0 Å². The minimum Gasteiger partial charge on any atom is -0.465 e. The summed E-state index contributed by atoms with van der Waals surface area (Å²) in [4.78, 5) is 23.4. The van der Waals surface area contributed by atoms with Crippen LogP contribution >= 0.6 is 0 Å². The average Bonchev–Trinajstić information content (AvgIpc) is 1.99. The number of esters is 1. The molecule has 0 N–H and O–H groups in total. The van der Waals surface area contributed by atoms with Crippen molar-refractivity contribution in [3.8, 4) is 0 Å². The topological polar surface area (TPSA) is 43.4 Å². The van der Waals surface area contributed by atoms with Crippen molar-refractivity contribution in [1.29, 1.82) is 0 Å². The number of Topliss-reactive ketones (excluding diaryl/α,β-unsaturated/α-hetero) is 1. The maximum absolute atomic E-state index is 11.8. The van der Waals surface area contributed by atoms with Crippen molar-refractivity contribution in [3.63, 3.8) is 0 Å². The molecule has 3 heteroatoms. The van der Waals surface area contributed by atoms with E-state index in [-0.39, 0.29) is 11.8 Å². The zero-order chi connectivity index (χ0) is 11.1. The summed E-state index contributed by atoms with van der Waals surface area (Å²) < 4.78 is 5.01. The summed E-state index contributed by atoms with van der Waals surface area (Å²) in [6, 6.07) is 0. The number of ketones is 1. The minimum absolute atomic E-state index is 0.0153. The molecule has 0 atom stereocenters. The van der Waals surface area contributed by atoms with Crippen molar-refractivity contribution in [1.82, 2.24) is 0 Å². The van der Waals surface area contributed by atoms with Gasteiger partial charge in [-0.2, -0.15) is 0 Å². The van der Waals surface area contributed by atoms with Gasteiger partial charge in [-0.25, -0.2) is 0 Å². The van der Waals surface area contributed by atoms with Crippen LogP contribution in [0.15, 0.2) is 0 Å². The first-order valence-electron chi connectivity index (χ1n) is 5.73. The summed E-state index contributed by atoms with van der Waals surface area (Å²) in [6.45, 7) is 3.66. The molecule has 2 fully saturated rings. The van der Waals surface area contributed by atoms with Gasteiger partial charge in [-0.1, -0.05) is 6.42 Å². The van der Waals surface area contributed by atoms with Gasteiger partial charge in [0.1, 0.15) is 11.2 Å². The number of carbonyl (C=O) groups excluding carboxylic acids is 2. The Kier molecular flexibility index (Phi) is 2.36. The normalized spacial score (nSPS) is 25.2. The van der Waals surface area contributed by atoms with Gasteiger partial charge in [0.15, 0.2) is 0 Å². The lowest BCUT2D eigenvalue weighted by Crippen LogP contribution is -2.58. The molecule has 0 aromatic heterocycles. The van der Waals surface area contributed by atoms with Crippen molar-refractivity contribution < 1.29 is 14.3 Å². The average molecular weight is 210 g/mol. The molecule has 0 amide bonds. The van der Waals surface area contributed by atoms with E-state index in [1.54, 1.807) is 6.92 Å². The molecule has 15 heavy (non-hydrogen) atoms. The third-order valence-corrected chi connectivity index (χ3v) is 4.11. The van der Waals surface area contributed by atoms with Gasteiger partial charge in [0.05, 0.1) is 6.61 Å². The number of hydrogen-bond donors (Lipinski definition) is 0. The van der Waals surface area contributed by atoms with Crippen LogP contribution < -0.4 is 0 Å². The molecule has 0 heterocycles. The van der Waals surface area contributed by atoms with Crippen molar-refractivity contribution in [2.75, 3.05) is 6.61 Å². The van der Waals surface area contributed by atoms with Crippen LogP contribution in [0.1, 0.15) is 46.0 Å². The molecule has 0 aromatic carbocycles. The highest BCUT2D eigenvalue weighted by atomic mass is 16.5. The van der Waals surface area contributed by atoms with Gasteiger partial charge in [0, 0.05) is 0 Å². The zero-order valence-corrected chi connectivity index (χ0v) is 9.47. The highest BCUT2D eigenvalue weighted by Gasteiger charge is 2.63. The molecule has 2 saturated carbocycles. The Labute approximate surface area is 90.2 Å². The minimum atomic E-state index is -0.781. The first kappa shape index (κ1) is 10.7. The van der Waals surface area contributed by atoms with Crippen molar-refractivity contribution >= 4 is 11.8 Å². The van der Waals surface area contributed by atoms with Gasteiger partial charge in [-0.15, -0.1) is 0 Å². The van der Waals surface area contributed by atoms with E-state index in [4.69, 9.17) is 4.74 Å². The number of ether oxygens (including phenoxy) is 1. The Balaban J connectivity index is 2.08. The number of hydrogen-bond acceptors (Lipinski definition) is 3. The summed E-state index contributed by atoms with van der Waals surface area (Å²) in [5.41, 5.74) is -0.463. The molecule has 1 spiro atoms. The fourth-order valence-electron chi connectivity index (χ4n) is 3.07. The van der Waals surface area contributed by atoms with Gasteiger partial charge >= 0.3 is 5.97 Å². The molecule has 0 unspecified atom stereocenters. The predicted molar refractivity (Wildman–Crippen MR) is 55.3 cm³/mol. The Hall–Kier alpha value is -0.860. The Morgan fingerprint density at radius 3 is 2.20 bits per heavy atom. The van der Waals surface area contributed by atoms with E-state index >= 15 is 0 Å². The molecule has 0 radical (unpaired) electrons. The molecule has 2 aliphatic rings. The fraction of sp³-hybridized carbons (Fsp3) is 0.833. The van der Waals surface area contributed by atoms with Crippen molar-refractivity contribution in [3.05, 3.63) is 0 Å². The number of rotatable bonds is 3. The van der Waals surface area contributed by atoms with Crippen LogP contribution in [0.5, 0.6) is 0 Å². The van der Waals surface area contributed by atoms with E-state index < -0.39 is 5.41 Å². The standard InChI is InChI=1S/C12H18O3/c1-3-15-10(14)12(9(2)13)7-11(8-12)5-4-6-11/h3-8H2,1-2H3.